The molecule has 0 bridgehead atoms. The molecule has 4 aromatic rings. The number of aliphatic hydroxyl groups is 1. The number of fused-ring (bicyclic) bond motifs is 1. The summed E-state index contributed by atoms with van der Waals surface area (Å²) in [5, 5.41) is 17.6. The third-order valence-electron chi connectivity index (χ3n) is 6.99. The van der Waals surface area contributed by atoms with Crippen molar-refractivity contribution >= 4 is 17.5 Å². The first-order valence-corrected chi connectivity index (χ1v) is 12.6. The Labute approximate surface area is 220 Å². The summed E-state index contributed by atoms with van der Waals surface area (Å²) >= 11 is 0. The molecule has 1 aliphatic heterocycles. The van der Waals surface area contributed by atoms with Crippen LogP contribution in [-0.4, -0.2) is 43.1 Å². The standard InChI is InChI=1S/C29H30FN5O3/c1-17-12-22(30)10-9-21(17)15-35-27-18(2)14-34(29(38)25-8-5-11-31-25)16-24(27)26(33-35)28(37)32-23-7-4-6-20(13-23)19(3)36/h4-13,18-19,31,36H,14-16H2,1-3H3,(H,32,37)/t18?,19-/m0/s1. The summed E-state index contributed by atoms with van der Waals surface area (Å²) in [5.41, 5.74) is 5.19. The molecule has 9 heteroatoms. The van der Waals surface area contributed by atoms with E-state index in [9.17, 15) is 19.1 Å². The van der Waals surface area contributed by atoms with Crippen LogP contribution in [0.1, 0.15) is 74.8 Å². The van der Waals surface area contributed by atoms with Crippen LogP contribution in [-0.2, 0) is 13.1 Å². The van der Waals surface area contributed by atoms with Crippen LogP contribution >= 0.6 is 0 Å². The first-order chi connectivity index (χ1) is 18.2. The van der Waals surface area contributed by atoms with E-state index in [4.69, 9.17) is 5.10 Å². The highest BCUT2D eigenvalue weighted by molar-refractivity contribution is 6.04. The molecule has 0 spiro atoms. The Morgan fingerprint density at radius 2 is 2.03 bits per heavy atom. The number of halogens is 1. The van der Waals surface area contributed by atoms with Gasteiger partial charge in [-0.25, -0.2) is 4.39 Å². The zero-order valence-electron chi connectivity index (χ0n) is 21.5. The maximum Gasteiger partial charge on any atom is 0.276 e. The lowest BCUT2D eigenvalue weighted by Gasteiger charge is -2.32. The minimum atomic E-state index is -0.675. The topological polar surface area (TPSA) is 103 Å². The number of anilines is 1. The molecule has 2 amide bonds. The van der Waals surface area contributed by atoms with Crippen molar-refractivity contribution in [1.82, 2.24) is 19.7 Å². The number of aliphatic hydroxyl groups excluding tert-OH is 1. The van der Waals surface area contributed by atoms with E-state index < -0.39 is 12.0 Å². The molecule has 0 fully saturated rings. The average molecular weight is 516 g/mol. The monoisotopic (exact) mass is 515 g/mol. The summed E-state index contributed by atoms with van der Waals surface area (Å²) in [6, 6.07) is 15.2. The first kappa shape index (κ1) is 25.4. The second-order valence-corrected chi connectivity index (χ2v) is 9.87. The van der Waals surface area contributed by atoms with Crippen LogP contribution in [0.25, 0.3) is 0 Å². The highest BCUT2D eigenvalue weighted by Gasteiger charge is 2.34. The summed E-state index contributed by atoms with van der Waals surface area (Å²) in [7, 11) is 0. The number of aromatic amines is 1. The second kappa shape index (κ2) is 10.3. The zero-order valence-corrected chi connectivity index (χ0v) is 21.5. The number of aryl methyl sites for hydroxylation is 1. The molecule has 0 saturated heterocycles. The maximum atomic E-state index is 13.7. The van der Waals surface area contributed by atoms with Gasteiger partial charge in [-0.3, -0.25) is 14.3 Å². The molecule has 3 heterocycles. The molecule has 8 nitrogen and oxygen atoms in total. The van der Waals surface area contributed by atoms with Gasteiger partial charge >= 0.3 is 0 Å². The van der Waals surface area contributed by atoms with E-state index in [0.29, 0.717) is 35.6 Å². The summed E-state index contributed by atoms with van der Waals surface area (Å²) < 4.78 is 15.5. The quantitative estimate of drug-likeness (QED) is 0.344. The van der Waals surface area contributed by atoms with Gasteiger partial charge in [0.25, 0.3) is 11.8 Å². The largest absolute Gasteiger partial charge is 0.389 e. The van der Waals surface area contributed by atoms with Crippen molar-refractivity contribution in [1.29, 1.82) is 0 Å². The van der Waals surface area contributed by atoms with Gasteiger partial charge in [0.2, 0.25) is 0 Å². The molecule has 0 radical (unpaired) electrons. The molecule has 1 unspecified atom stereocenters. The third kappa shape index (κ3) is 4.97. The molecule has 196 valence electrons. The molecule has 1 aliphatic rings. The number of carbonyl (C=O) groups is 2. The number of H-pyrrole nitrogens is 1. The first-order valence-electron chi connectivity index (χ1n) is 12.6. The Bertz CT molecular complexity index is 1490. The van der Waals surface area contributed by atoms with Crippen molar-refractivity contribution in [3.63, 3.8) is 0 Å². The fraction of sp³-hybridized carbons (Fsp3) is 0.276. The van der Waals surface area contributed by atoms with Crippen LogP contribution in [0, 0.1) is 12.7 Å². The van der Waals surface area contributed by atoms with E-state index in [1.54, 1.807) is 65.2 Å². The number of amides is 2. The summed E-state index contributed by atoms with van der Waals surface area (Å²) in [6.07, 6.45) is 1.03. The van der Waals surface area contributed by atoms with Crippen molar-refractivity contribution in [2.24, 2.45) is 0 Å². The van der Waals surface area contributed by atoms with Crippen LogP contribution in [0.3, 0.4) is 0 Å². The van der Waals surface area contributed by atoms with Gasteiger partial charge in [-0.2, -0.15) is 5.10 Å². The minimum absolute atomic E-state index is 0.0916. The number of carbonyl (C=O) groups excluding carboxylic acids is 2. The Balaban J connectivity index is 1.53. The molecule has 5 rings (SSSR count). The highest BCUT2D eigenvalue weighted by Crippen LogP contribution is 2.33. The zero-order chi connectivity index (χ0) is 27.0. The molecule has 0 saturated carbocycles. The van der Waals surface area contributed by atoms with Crippen molar-refractivity contribution < 1.29 is 19.1 Å². The summed E-state index contributed by atoms with van der Waals surface area (Å²) in [5.74, 6) is -0.948. The predicted octanol–water partition coefficient (Wildman–Crippen LogP) is 4.77. The molecule has 2 aromatic heterocycles. The summed E-state index contributed by atoms with van der Waals surface area (Å²) in [6.45, 7) is 6.59. The number of benzene rings is 2. The Kier molecular flexibility index (Phi) is 6.86. The fourth-order valence-electron chi connectivity index (χ4n) is 5.05. The third-order valence-corrected chi connectivity index (χ3v) is 6.99. The number of hydrogen-bond donors (Lipinski definition) is 3. The lowest BCUT2D eigenvalue weighted by Crippen LogP contribution is -2.38. The highest BCUT2D eigenvalue weighted by atomic mass is 19.1. The number of aromatic nitrogens is 3. The normalized spacial score (nSPS) is 15.7. The maximum absolute atomic E-state index is 13.7. The van der Waals surface area contributed by atoms with Crippen molar-refractivity contribution in [3.05, 3.63) is 106 Å². The predicted molar refractivity (Wildman–Crippen MR) is 141 cm³/mol. The van der Waals surface area contributed by atoms with Gasteiger partial charge in [0.1, 0.15) is 11.5 Å². The van der Waals surface area contributed by atoms with Gasteiger partial charge in [0.05, 0.1) is 19.2 Å². The molecular formula is C29H30FN5O3. The van der Waals surface area contributed by atoms with E-state index in [-0.39, 0.29) is 29.9 Å². The van der Waals surface area contributed by atoms with E-state index in [1.165, 1.54) is 12.1 Å². The van der Waals surface area contributed by atoms with E-state index in [0.717, 1.165) is 16.8 Å². The minimum Gasteiger partial charge on any atom is -0.389 e. The Morgan fingerprint density at radius 1 is 1.21 bits per heavy atom. The SMILES string of the molecule is Cc1cc(F)ccc1Cn1nc(C(=O)Nc2cccc([C@H](C)O)c2)c2c1C(C)CN(C(=O)c1ccc[nH]1)C2. The second-order valence-electron chi connectivity index (χ2n) is 9.87. The van der Waals surface area contributed by atoms with Crippen LogP contribution in [0.2, 0.25) is 0 Å². The number of hydrogen-bond acceptors (Lipinski definition) is 4. The van der Waals surface area contributed by atoms with Crippen LogP contribution in [0.5, 0.6) is 0 Å². The molecule has 3 N–H and O–H groups in total. The van der Waals surface area contributed by atoms with Crippen LogP contribution < -0.4 is 5.32 Å². The van der Waals surface area contributed by atoms with Crippen LogP contribution in [0.4, 0.5) is 10.1 Å². The fourth-order valence-corrected chi connectivity index (χ4v) is 5.05. The van der Waals surface area contributed by atoms with E-state index in [1.807, 2.05) is 13.8 Å². The molecular weight excluding hydrogens is 485 g/mol. The van der Waals surface area contributed by atoms with E-state index >= 15 is 0 Å². The number of nitrogens with one attached hydrogen (secondary N) is 2. The lowest BCUT2D eigenvalue weighted by atomic mass is 9.95. The molecule has 0 aliphatic carbocycles. The number of rotatable bonds is 6. The molecule has 2 aromatic carbocycles. The Hall–Kier alpha value is -4.24. The Morgan fingerprint density at radius 3 is 2.74 bits per heavy atom. The van der Waals surface area contributed by atoms with Gasteiger partial charge in [-0.05, 0) is 66.9 Å². The molecule has 2 atom stereocenters. The van der Waals surface area contributed by atoms with Gasteiger partial charge in [0, 0.05) is 35.6 Å². The summed E-state index contributed by atoms with van der Waals surface area (Å²) in [4.78, 5) is 31.4. The van der Waals surface area contributed by atoms with Gasteiger partial charge in [-0.1, -0.05) is 25.1 Å². The smallest absolute Gasteiger partial charge is 0.276 e. The van der Waals surface area contributed by atoms with Crippen molar-refractivity contribution in [2.75, 3.05) is 11.9 Å². The van der Waals surface area contributed by atoms with Gasteiger partial charge in [0.15, 0.2) is 5.69 Å². The van der Waals surface area contributed by atoms with E-state index in [2.05, 4.69) is 10.3 Å². The van der Waals surface area contributed by atoms with Crippen LogP contribution in [0.15, 0.2) is 60.8 Å². The lowest BCUT2D eigenvalue weighted by molar-refractivity contribution is 0.0711. The van der Waals surface area contributed by atoms with Gasteiger partial charge in [-0.15, -0.1) is 0 Å². The number of nitrogens with zero attached hydrogens (tertiary/aromatic N) is 3. The molecule has 38 heavy (non-hydrogen) atoms. The van der Waals surface area contributed by atoms with Gasteiger partial charge < -0.3 is 20.3 Å². The van der Waals surface area contributed by atoms with Crippen molar-refractivity contribution in [3.8, 4) is 0 Å². The van der Waals surface area contributed by atoms with Crippen molar-refractivity contribution in [2.45, 2.75) is 45.9 Å². The average Bonchev–Trinajstić information content (AvgIpc) is 3.54.